The van der Waals surface area contributed by atoms with Crippen LogP contribution in [-0.4, -0.2) is 27.0 Å². The minimum absolute atomic E-state index is 0.114. The Hall–Kier alpha value is -3.15. The molecule has 0 aliphatic carbocycles. The van der Waals surface area contributed by atoms with Gasteiger partial charge >= 0.3 is 5.69 Å². The Labute approximate surface area is 175 Å². The number of para-hydroxylation sites is 2. The summed E-state index contributed by atoms with van der Waals surface area (Å²) in [7, 11) is 1.74. The van der Waals surface area contributed by atoms with E-state index in [0.717, 1.165) is 22.2 Å². The van der Waals surface area contributed by atoms with E-state index in [1.165, 1.54) is 5.56 Å². The zero-order valence-electron chi connectivity index (χ0n) is 17.2. The molecule has 0 aliphatic rings. The average Bonchev–Trinajstić information content (AvgIpc) is 3.01. The van der Waals surface area contributed by atoms with Crippen LogP contribution in [0.1, 0.15) is 22.8 Å². The van der Waals surface area contributed by atoms with E-state index in [1.807, 2.05) is 61.5 Å². The van der Waals surface area contributed by atoms with E-state index in [-0.39, 0.29) is 24.9 Å². The van der Waals surface area contributed by atoms with Crippen molar-refractivity contribution in [3.63, 3.8) is 0 Å². The quantitative estimate of drug-likeness (QED) is 0.511. The largest absolute Gasteiger partial charge is 0.389 e. The summed E-state index contributed by atoms with van der Waals surface area (Å²) in [5, 5.41) is 10.7. The van der Waals surface area contributed by atoms with E-state index in [4.69, 9.17) is 4.74 Å². The maximum atomic E-state index is 12.6. The second-order valence-corrected chi connectivity index (χ2v) is 7.63. The molecule has 1 N–H and O–H groups in total. The Balaban J connectivity index is 1.54. The Morgan fingerprint density at radius 3 is 2.17 bits per heavy atom. The van der Waals surface area contributed by atoms with E-state index in [1.54, 1.807) is 16.2 Å². The first-order valence-electron chi connectivity index (χ1n) is 10.1. The van der Waals surface area contributed by atoms with Gasteiger partial charge in [0.25, 0.3) is 0 Å². The summed E-state index contributed by atoms with van der Waals surface area (Å²) in [5.41, 5.74) is 4.74. The van der Waals surface area contributed by atoms with E-state index in [2.05, 4.69) is 24.3 Å². The first-order valence-corrected chi connectivity index (χ1v) is 10.1. The van der Waals surface area contributed by atoms with Crippen LogP contribution in [0.4, 0.5) is 0 Å². The lowest BCUT2D eigenvalue weighted by Crippen LogP contribution is -2.30. The summed E-state index contributed by atoms with van der Waals surface area (Å²) in [6.07, 6.45) is -1.10. The average molecular weight is 402 g/mol. The third-order valence-corrected chi connectivity index (χ3v) is 5.38. The van der Waals surface area contributed by atoms with Crippen molar-refractivity contribution in [3.8, 4) is 0 Å². The molecule has 0 amide bonds. The van der Waals surface area contributed by atoms with Crippen molar-refractivity contribution in [3.05, 3.63) is 106 Å². The minimum atomic E-state index is -0.815. The van der Waals surface area contributed by atoms with Crippen LogP contribution in [0, 0.1) is 6.92 Å². The molecule has 0 radical (unpaired) electrons. The highest BCUT2D eigenvalue weighted by molar-refractivity contribution is 5.75. The normalized spacial score (nSPS) is 13.4. The highest BCUT2D eigenvalue weighted by Gasteiger charge is 2.19. The number of imidazole rings is 1. The Bertz CT molecular complexity index is 1180. The molecule has 5 heteroatoms. The molecule has 4 aromatic rings. The van der Waals surface area contributed by atoms with Crippen molar-refractivity contribution >= 4 is 11.0 Å². The number of fused-ring (bicyclic) bond motifs is 1. The smallest absolute Gasteiger partial charge is 0.328 e. The predicted molar refractivity (Wildman–Crippen MR) is 119 cm³/mol. The van der Waals surface area contributed by atoms with E-state index in [0.29, 0.717) is 0 Å². The number of aromatic nitrogens is 2. The Morgan fingerprint density at radius 1 is 0.867 bits per heavy atom. The molecule has 0 saturated carbocycles. The molecular formula is C25H26N2O3. The monoisotopic (exact) mass is 402 g/mol. The fraction of sp³-hybridized carbons (Fsp3) is 0.240. The van der Waals surface area contributed by atoms with Crippen LogP contribution in [0.25, 0.3) is 11.0 Å². The maximum absolute atomic E-state index is 12.6. The topological polar surface area (TPSA) is 56.4 Å². The molecule has 0 spiro atoms. The highest BCUT2D eigenvalue weighted by Crippen LogP contribution is 2.26. The fourth-order valence-corrected chi connectivity index (χ4v) is 3.76. The third kappa shape index (κ3) is 4.08. The number of ether oxygens (including phenoxy) is 1. The van der Waals surface area contributed by atoms with Gasteiger partial charge in [-0.05, 0) is 30.2 Å². The zero-order valence-corrected chi connectivity index (χ0v) is 17.2. The van der Waals surface area contributed by atoms with Crippen LogP contribution >= 0.6 is 0 Å². The van der Waals surface area contributed by atoms with Gasteiger partial charge in [0.05, 0.1) is 30.3 Å². The van der Waals surface area contributed by atoms with Crippen molar-refractivity contribution in [1.82, 2.24) is 9.13 Å². The molecule has 5 nitrogen and oxygen atoms in total. The molecule has 30 heavy (non-hydrogen) atoms. The fourth-order valence-electron chi connectivity index (χ4n) is 3.76. The molecule has 0 bridgehead atoms. The van der Waals surface area contributed by atoms with Crippen molar-refractivity contribution in [2.24, 2.45) is 7.05 Å². The van der Waals surface area contributed by atoms with Crippen LogP contribution in [-0.2, 0) is 18.3 Å². The third-order valence-electron chi connectivity index (χ3n) is 5.38. The SMILES string of the molecule is Cc1ccc([C@H](OC[C@@H](O)Cn2c(=O)n(C)c3ccccc32)c2ccccc2)cc1. The summed E-state index contributed by atoms with van der Waals surface area (Å²) < 4.78 is 9.38. The van der Waals surface area contributed by atoms with Gasteiger partial charge in [-0.3, -0.25) is 9.13 Å². The number of benzene rings is 3. The van der Waals surface area contributed by atoms with E-state index >= 15 is 0 Å². The summed E-state index contributed by atoms with van der Waals surface area (Å²) in [6.45, 7) is 2.34. The molecular weight excluding hydrogens is 376 g/mol. The molecule has 2 atom stereocenters. The predicted octanol–water partition coefficient (Wildman–Crippen LogP) is 3.82. The lowest BCUT2D eigenvalue weighted by atomic mass is 10.0. The Kier molecular flexibility index (Phi) is 5.84. The molecule has 0 fully saturated rings. The van der Waals surface area contributed by atoms with Crippen LogP contribution < -0.4 is 5.69 Å². The van der Waals surface area contributed by atoms with Gasteiger partial charge in [-0.25, -0.2) is 4.79 Å². The molecule has 1 aromatic heterocycles. The van der Waals surface area contributed by atoms with Crippen molar-refractivity contribution in [2.75, 3.05) is 6.61 Å². The lowest BCUT2D eigenvalue weighted by molar-refractivity contribution is -0.000531. The van der Waals surface area contributed by atoms with Crippen molar-refractivity contribution in [2.45, 2.75) is 25.7 Å². The lowest BCUT2D eigenvalue weighted by Gasteiger charge is -2.21. The van der Waals surface area contributed by atoms with Gasteiger partial charge in [-0.1, -0.05) is 72.3 Å². The first-order chi connectivity index (χ1) is 14.5. The van der Waals surface area contributed by atoms with Gasteiger partial charge in [0.2, 0.25) is 0 Å². The van der Waals surface area contributed by atoms with Crippen LogP contribution in [0.2, 0.25) is 0 Å². The number of aryl methyl sites for hydroxylation is 2. The minimum Gasteiger partial charge on any atom is -0.389 e. The molecule has 1 heterocycles. The summed E-state index contributed by atoms with van der Waals surface area (Å²) in [4.78, 5) is 12.6. The molecule has 3 aromatic carbocycles. The summed E-state index contributed by atoms with van der Waals surface area (Å²) in [5.74, 6) is 0. The van der Waals surface area contributed by atoms with Gasteiger partial charge in [-0.2, -0.15) is 0 Å². The standard InChI is InChI=1S/C25H26N2O3/c1-18-12-14-20(15-13-18)24(19-8-4-3-5-9-19)30-17-21(28)16-27-23-11-7-6-10-22(23)26(2)25(27)29/h3-15,21,24,28H,16-17H2,1-2H3/t21-,24+/m0/s1. The van der Waals surface area contributed by atoms with E-state index in [9.17, 15) is 9.90 Å². The van der Waals surface area contributed by atoms with Crippen LogP contribution in [0.3, 0.4) is 0 Å². The van der Waals surface area contributed by atoms with E-state index < -0.39 is 6.10 Å². The molecule has 4 rings (SSSR count). The second kappa shape index (κ2) is 8.69. The number of nitrogens with zero attached hydrogens (tertiary/aromatic N) is 2. The van der Waals surface area contributed by atoms with Gasteiger partial charge in [0, 0.05) is 7.05 Å². The molecule has 0 saturated heterocycles. The number of rotatable bonds is 7. The number of hydrogen-bond donors (Lipinski definition) is 1. The van der Waals surface area contributed by atoms with Crippen LogP contribution in [0.15, 0.2) is 83.7 Å². The van der Waals surface area contributed by atoms with Crippen LogP contribution in [0.5, 0.6) is 0 Å². The number of aliphatic hydroxyl groups is 1. The highest BCUT2D eigenvalue weighted by atomic mass is 16.5. The second-order valence-electron chi connectivity index (χ2n) is 7.63. The van der Waals surface area contributed by atoms with Crippen molar-refractivity contribution in [1.29, 1.82) is 0 Å². The van der Waals surface area contributed by atoms with Gasteiger partial charge in [0.1, 0.15) is 6.10 Å². The number of hydrogen-bond acceptors (Lipinski definition) is 3. The zero-order chi connectivity index (χ0) is 21.1. The molecule has 154 valence electrons. The van der Waals surface area contributed by atoms with Gasteiger partial charge < -0.3 is 9.84 Å². The first kappa shape index (κ1) is 20.1. The molecule has 0 aliphatic heterocycles. The summed E-state index contributed by atoms with van der Waals surface area (Å²) in [6, 6.07) is 25.8. The maximum Gasteiger partial charge on any atom is 0.328 e. The number of aliphatic hydroxyl groups excluding tert-OH is 1. The Morgan fingerprint density at radius 2 is 1.47 bits per heavy atom. The molecule has 0 unspecified atom stereocenters. The van der Waals surface area contributed by atoms with Gasteiger partial charge in [0.15, 0.2) is 0 Å². The summed E-state index contributed by atoms with van der Waals surface area (Å²) >= 11 is 0. The van der Waals surface area contributed by atoms with Crippen molar-refractivity contribution < 1.29 is 9.84 Å². The van der Waals surface area contributed by atoms with Gasteiger partial charge in [-0.15, -0.1) is 0 Å².